The number of benzene rings is 1. The molecule has 0 fully saturated rings. The number of hydrogen-bond donors (Lipinski definition) is 1. The molecular weight excluding hydrogens is 276 g/mol. The van der Waals surface area contributed by atoms with E-state index in [9.17, 15) is 8.42 Å². The Morgan fingerprint density at radius 3 is 2.60 bits per heavy atom. The third-order valence-corrected chi connectivity index (χ3v) is 5.76. The van der Waals surface area contributed by atoms with E-state index in [0.717, 1.165) is 18.5 Å². The van der Waals surface area contributed by atoms with Crippen LogP contribution in [0.1, 0.15) is 0 Å². The number of hydrogen-bond acceptors (Lipinski definition) is 4. The van der Waals surface area contributed by atoms with E-state index >= 15 is 0 Å². The van der Waals surface area contributed by atoms with E-state index in [1.165, 1.54) is 11.1 Å². The number of rotatable bonds is 2. The topological polar surface area (TPSA) is 62.6 Å². The second kappa shape index (κ2) is 4.18. The summed E-state index contributed by atoms with van der Waals surface area (Å²) in [5, 5.41) is 4.06. The summed E-state index contributed by atoms with van der Waals surface area (Å²) in [6.07, 6.45) is 1.57. The van der Waals surface area contributed by atoms with E-state index < -0.39 is 10.0 Å². The first-order valence-electron chi connectivity index (χ1n) is 6.52. The predicted molar refractivity (Wildman–Crippen MR) is 74.9 cm³/mol. The van der Waals surface area contributed by atoms with Crippen molar-refractivity contribution in [2.24, 2.45) is 0 Å². The van der Waals surface area contributed by atoms with Crippen LogP contribution >= 0.6 is 0 Å². The fraction of sp³-hybridized carbons (Fsp3) is 0.286. The molecule has 6 heteroatoms. The highest BCUT2D eigenvalue weighted by atomic mass is 32.2. The van der Waals surface area contributed by atoms with Gasteiger partial charge in [-0.05, 0) is 35.4 Å². The summed E-state index contributed by atoms with van der Waals surface area (Å²) < 4.78 is 32.2. The van der Waals surface area contributed by atoms with E-state index in [1.54, 1.807) is 34.8 Å². The molecule has 5 nitrogen and oxygen atoms in total. The lowest BCUT2D eigenvalue weighted by Crippen LogP contribution is -2.32. The average molecular weight is 290 g/mol. The molecule has 2 aliphatic heterocycles. The number of furan rings is 1. The van der Waals surface area contributed by atoms with Gasteiger partial charge in [0, 0.05) is 31.6 Å². The molecule has 0 saturated carbocycles. The molecule has 20 heavy (non-hydrogen) atoms. The van der Waals surface area contributed by atoms with E-state index in [1.807, 2.05) is 0 Å². The molecule has 0 atom stereocenters. The van der Waals surface area contributed by atoms with Crippen molar-refractivity contribution in [2.45, 2.75) is 4.90 Å². The van der Waals surface area contributed by atoms with Crippen molar-refractivity contribution < 1.29 is 12.8 Å². The van der Waals surface area contributed by atoms with Crippen LogP contribution < -0.4 is 5.32 Å². The Hall–Kier alpha value is -1.63. The minimum absolute atomic E-state index is 0.334. The van der Waals surface area contributed by atoms with Crippen LogP contribution in [-0.4, -0.2) is 38.9 Å². The summed E-state index contributed by atoms with van der Waals surface area (Å²) in [5.41, 5.74) is 3.14. The molecule has 3 heterocycles. The molecule has 1 aromatic heterocycles. The quantitative estimate of drug-likeness (QED) is 0.848. The van der Waals surface area contributed by atoms with Crippen LogP contribution in [0.25, 0.3) is 11.0 Å². The van der Waals surface area contributed by atoms with Gasteiger partial charge in [-0.1, -0.05) is 0 Å². The molecule has 1 N–H and O–H groups in total. The molecule has 0 radical (unpaired) electrons. The largest absolute Gasteiger partial charge is 0.464 e. The van der Waals surface area contributed by atoms with Crippen LogP contribution in [0.15, 0.2) is 51.0 Å². The van der Waals surface area contributed by atoms with E-state index in [4.69, 9.17) is 4.42 Å². The molecule has 2 aromatic rings. The van der Waals surface area contributed by atoms with Crippen molar-refractivity contribution in [3.8, 4) is 0 Å². The second-order valence-corrected chi connectivity index (χ2v) is 7.14. The second-order valence-electron chi connectivity index (χ2n) is 5.20. The molecule has 0 unspecified atom stereocenters. The average Bonchev–Trinajstić information content (AvgIpc) is 3.12. The standard InChI is InChI=1S/C14H14N2O3S/c17-20(18,16-8-11-6-15-7-12(11)9-16)13-1-2-14-10(5-13)3-4-19-14/h1-5,15H,6-9H2. The summed E-state index contributed by atoms with van der Waals surface area (Å²) in [4.78, 5) is 0.334. The van der Waals surface area contributed by atoms with Crippen LogP contribution in [-0.2, 0) is 10.0 Å². The van der Waals surface area contributed by atoms with Crippen LogP contribution in [0, 0.1) is 0 Å². The van der Waals surface area contributed by atoms with Gasteiger partial charge in [-0.2, -0.15) is 4.31 Å². The molecule has 104 valence electrons. The first-order chi connectivity index (χ1) is 9.64. The highest BCUT2D eigenvalue weighted by Gasteiger charge is 2.33. The Labute approximate surface area is 116 Å². The zero-order valence-corrected chi connectivity index (χ0v) is 11.6. The van der Waals surface area contributed by atoms with E-state index in [-0.39, 0.29) is 0 Å². The highest BCUT2D eigenvalue weighted by molar-refractivity contribution is 7.89. The van der Waals surface area contributed by atoms with Crippen molar-refractivity contribution in [1.29, 1.82) is 0 Å². The van der Waals surface area contributed by atoms with E-state index in [0.29, 0.717) is 23.6 Å². The van der Waals surface area contributed by atoms with Crippen LogP contribution in [0.5, 0.6) is 0 Å². The van der Waals surface area contributed by atoms with Gasteiger partial charge in [0.25, 0.3) is 0 Å². The third kappa shape index (κ3) is 1.72. The number of fused-ring (bicyclic) bond motifs is 1. The number of sulfonamides is 1. The van der Waals surface area contributed by atoms with Crippen molar-refractivity contribution in [2.75, 3.05) is 26.2 Å². The normalized spacial score (nSPS) is 20.0. The van der Waals surface area contributed by atoms with Gasteiger partial charge in [-0.3, -0.25) is 0 Å². The SMILES string of the molecule is O=S(=O)(c1ccc2occc2c1)N1CC2=C(CNC2)C1. The lowest BCUT2D eigenvalue weighted by Gasteiger charge is -2.18. The molecule has 0 saturated heterocycles. The Bertz CT molecular complexity index is 804. The maximum absolute atomic E-state index is 12.7. The number of nitrogens with one attached hydrogen (secondary N) is 1. The predicted octanol–water partition coefficient (Wildman–Crippen LogP) is 1.34. The Morgan fingerprint density at radius 1 is 1.10 bits per heavy atom. The van der Waals surface area contributed by atoms with Crippen molar-refractivity contribution in [1.82, 2.24) is 9.62 Å². The number of nitrogens with zero attached hydrogens (tertiary/aromatic N) is 1. The van der Waals surface area contributed by atoms with Gasteiger partial charge in [-0.15, -0.1) is 0 Å². The third-order valence-electron chi connectivity index (χ3n) is 3.97. The molecule has 4 rings (SSSR count). The van der Waals surface area contributed by atoms with Gasteiger partial charge >= 0.3 is 0 Å². The van der Waals surface area contributed by atoms with Crippen molar-refractivity contribution in [3.63, 3.8) is 0 Å². The first-order valence-corrected chi connectivity index (χ1v) is 7.96. The van der Waals surface area contributed by atoms with Gasteiger partial charge < -0.3 is 9.73 Å². The Morgan fingerprint density at radius 2 is 1.85 bits per heavy atom. The van der Waals surface area contributed by atoms with Crippen LogP contribution in [0.3, 0.4) is 0 Å². The van der Waals surface area contributed by atoms with Gasteiger partial charge in [0.05, 0.1) is 11.2 Å². The van der Waals surface area contributed by atoms with E-state index in [2.05, 4.69) is 5.32 Å². The summed E-state index contributed by atoms with van der Waals surface area (Å²) in [6.45, 7) is 2.63. The summed E-state index contributed by atoms with van der Waals surface area (Å²) in [5.74, 6) is 0. The smallest absolute Gasteiger partial charge is 0.243 e. The highest BCUT2D eigenvalue weighted by Crippen LogP contribution is 2.28. The zero-order valence-electron chi connectivity index (χ0n) is 10.8. The maximum Gasteiger partial charge on any atom is 0.243 e. The van der Waals surface area contributed by atoms with Gasteiger partial charge in [0.2, 0.25) is 10.0 Å². The summed E-state index contributed by atoms with van der Waals surface area (Å²) >= 11 is 0. The van der Waals surface area contributed by atoms with Crippen LogP contribution in [0.2, 0.25) is 0 Å². The minimum Gasteiger partial charge on any atom is -0.464 e. The van der Waals surface area contributed by atoms with Crippen molar-refractivity contribution in [3.05, 3.63) is 41.7 Å². The monoisotopic (exact) mass is 290 g/mol. The fourth-order valence-corrected chi connectivity index (χ4v) is 4.32. The molecule has 1 aromatic carbocycles. The molecule has 0 spiro atoms. The van der Waals surface area contributed by atoms with Gasteiger partial charge in [-0.25, -0.2) is 8.42 Å². The van der Waals surface area contributed by atoms with Gasteiger partial charge in [0.15, 0.2) is 0 Å². The lowest BCUT2D eigenvalue weighted by molar-refractivity contribution is 0.473. The van der Waals surface area contributed by atoms with Gasteiger partial charge in [0.1, 0.15) is 5.58 Å². The summed E-state index contributed by atoms with van der Waals surface area (Å²) in [7, 11) is -3.43. The Balaban J connectivity index is 1.70. The molecule has 0 bridgehead atoms. The zero-order chi connectivity index (χ0) is 13.7. The molecular formula is C14H14N2O3S. The molecule has 0 amide bonds. The Kier molecular flexibility index (Phi) is 2.54. The maximum atomic E-state index is 12.7. The fourth-order valence-electron chi connectivity index (χ4n) is 2.86. The van der Waals surface area contributed by atoms with Crippen LogP contribution in [0.4, 0.5) is 0 Å². The summed E-state index contributed by atoms with van der Waals surface area (Å²) in [6, 6.07) is 6.78. The van der Waals surface area contributed by atoms with Crippen molar-refractivity contribution >= 4 is 21.0 Å². The molecule has 2 aliphatic rings. The first kappa shape index (κ1) is 12.1. The lowest BCUT2D eigenvalue weighted by atomic mass is 10.2. The molecule has 0 aliphatic carbocycles. The minimum atomic E-state index is -3.43.